The number of benzene rings is 1. The van der Waals surface area contributed by atoms with Crippen molar-refractivity contribution in [1.29, 1.82) is 0 Å². The zero-order valence-electron chi connectivity index (χ0n) is 20.0. The van der Waals surface area contributed by atoms with Gasteiger partial charge < -0.3 is 14.6 Å². The molecule has 0 bridgehead atoms. The van der Waals surface area contributed by atoms with E-state index in [2.05, 4.69) is 59.0 Å². The second-order valence-corrected chi connectivity index (χ2v) is 9.71. The van der Waals surface area contributed by atoms with Crippen molar-refractivity contribution in [3.8, 4) is 17.0 Å². The van der Waals surface area contributed by atoms with E-state index in [9.17, 15) is 4.79 Å². The molecule has 0 radical (unpaired) electrons. The van der Waals surface area contributed by atoms with Crippen molar-refractivity contribution in [3.05, 3.63) is 69.9 Å². The molecular weight excluding hydrogens is 446 g/mol. The van der Waals surface area contributed by atoms with Gasteiger partial charge in [-0.3, -0.25) is 9.78 Å². The van der Waals surface area contributed by atoms with Crippen LogP contribution in [0.2, 0.25) is 0 Å². The number of aromatic amines is 1. The molecule has 0 atom stereocenters. The van der Waals surface area contributed by atoms with E-state index in [1.807, 2.05) is 10.8 Å². The average Bonchev–Trinajstić information content (AvgIpc) is 3.56. The van der Waals surface area contributed by atoms with Crippen molar-refractivity contribution in [2.75, 3.05) is 24.8 Å². The van der Waals surface area contributed by atoms with Gasteiger partial charge in [0.15, 0.2) is 0 Å². The molecule has 0 unspecified atom stereocenters. The molecule has 0 saturated heterocycles. The number of thioether (sulfide) groups is 1. The lowest BCUT2D eigenvalue weighted by molar-refractivity contribution is 0.415. The molecule has 1 N–H and O–H groups in total. The number of fused-ring (bicyclic) bond motifs is 1. The lowest BCUT2D eigenvalue weighted by atomic mass is 10.0. The lowest BCUT2D eigenvalue weighted by Gasteiger charge is -2.24. The van der Waals surface area contributed by atoms with Crippen LogP contribution in [0, 0.1) is 19.8 Å². The Kier molecular flexibility index (Phi) is 6.08. The van der Waals surface area contributed by atoms with Crippen molar-refractivity contribution in [2.45, 2.75) is 38.3 Å². The van der Waals surface area contributed by atoms with E-state index >= 15 is 0 Å². The predicted octanol–water partition coefficient (Wildman–Crippen LogP) is 4.85. The van der Waals surface area contributed by atoms with Gasteiger partial charge in [0.2, 0.25) is 0 Å². The molecule has 4 aromatic rings. The number of aromatic nitrogens is 4. The first-order valence-electron chi connectivity index (χ1n) is 11.5. The minimum atomic E-state index is -0.147. The summed E-state index contributed by atoms with van der Waals surface area (Å²) in [5.74, 6) is 1.47. The molecular formula is C26H29N5O2S. The number of rotatable bonds is 8. The Morgan fingerprint density at radius 3 is 2.79 bits per heavy atom. The van der Waals surface area contributed by atoms with Gasteiger partial charge in [-0.05, 0) is 68.2 Å². The van der Waals surface area contributed by atoms with Gasteiger partial charge >= 0.3 is 0 Å². The van der Waals surface area contributed by atoms with E-state index in [4.69, 9.17) is 9.84 Å². The van der Waals surface area contributed by atoms with Crippen LogP contribution >= 0.6 is 11.8 Å². The van der Waals surface area contributed by atoms with E-state index in [1.54, 1.807) is 31.3 Å². The molecule has 7 nitrogen and oxygen atoms in total. The van der Waals surface area contributed by atoms with Gasteiger partial charge in [0, 0.05) is 24.5 Å². The highest BCUT2D eigenvalue weighted by molar-refractivity contribution is 7.98. The first kappa shape index (κ1) is 22.5. The van der Waals surface area contributed by atoms with Crippen LogP contribution in [0.3, 0.4) is 0 Å². The summed E-state index contributed by atoms with van der Waals surface area (Å²) in [6.45, 7) is 5.50. The Balaban J connectivity index is 1.69. The quantitative estimate of drug-likeness (QED) is 0.367. The highest BCUT2D eigenvalue weighted by Crippen LogP contribution is 2.41. The van der Waals surface area contributed by atoms with Crippen LogP contribution in [0.1, 0.15) is 29.7 Å². The Labute approximate surface area is 203 Å². The molecule has 1 aliphatic carbocycles. The molecule has 1 aromatic carbocycles. The van der Waals surface area contributed by atoms with E-state index in [0.717, 1.165) is 50.9 Å². The zero-order chi connectivity index (χ0) is 23.8. The maximum atomic E-state index is 12.4. The highest BCUT2D eigenvalue weighted by atomic mass is 32.2. The summed E-state index contributed by atoms with van der Waals surface area (Å²) in [6, 6.07) is 10.5. The first-order valence-corrected chi connectivity index (χ1v) is 12.7. The van der Waals surface area contributed by atoms with Gasteiger partial charge in [0.05, 0.1) is 30.6 Å². The number of H-pyrrole nitrogens is 1. The third kappa shape index (κ3) is 4.18. The summed E-state index contributed by atoms with van der Waals surface area (Å²) in [4.78, 5) is 21.8. The number of nitrogens with zero attached hydrogens (tertiary/aromatic N) is 4. The van der Waals surface area contributed by atoms with Crippen LogP contribution in [0.25, 0.3) is 16.8 Å². The largest absolute Gasteiger partial charge is 0.496 e. The maximum Gasteiger partial charge on any atom is 0.271 e. The maximum absolute atomic E-state index is 12.4. The second kappa shape index (κ2) is 9.18. The third-order valence-electron chi connectivity index (χ3n) is 6.33. The molecule has 0 amide bonds. The number of pyridine rings is 1. The third-order valence-corrected chi connectivity index (χ3v) is 6.99. The van der Waals surface area contributed by atoms with Crippen LogP contribution in [0.5, 0.6) is 5.75 Å². The number of anilines is 1. The second-order valence-electron chi connectivity index (χ2n) is 8.91. The molecule has 3 heterocycles. The van der Waals surface area contributed by atoms with Crippen LogP contribution in [0.15, 0.2) is 52.5 Å². The number of hydrogen-bond acceptors (Lipinski definition) is 6. The van der Waals surface area contributed by atoms with Gasteiger partial charge in [0.1, 0.15) is 16.5 Å². The summed E-state index contributed by atoms with van der Waals surface area (Å²) in [5, 5.41) is 5.97. The summed E-state index contributed by atoms with van der Waals surface area (Å²) in [5.41, 5.74) is 6.75. The minimum absolute atomic E-state index is 0.147. The monoisotopic (exact) mass is 475 g/mol. The molecule has 8 heteroatoms. The van der Waals surface area contributed by atoms with Crippen LogP contribution in [0.4, 0.5) is 5.69 Å². The molecule has 5 rings (SSSR count). The zero-order valence-corrected chi connectivity index (χ0v) is 20.8. The molecule has 3 aromatic heterocycles. The molecule has 176 valence electrons. The predicted molar refractivity (Wildman–Crippen MR) is 137 cm³/mol. The number of hydrogen-bond donors (Lipinski definition) is 1. The number of aryl methyl sites for hydroxylation is 2. The standard InChI is InChI=1S/C26H29N5O2S/c1-16-12-17(2)23(22(13-16)33-3)20-6-5-7-21-24(26(34-4)29-31(20)21)30(14-18-8-9-18)15-19-25(32)28-11-10-27-19/h5-7,10-13,18H,8-9,14-15H2,1-4H3,(H,28,32). The topological polar surface area (TPSA) is 75.5 Å². The molecule has 1 fully saturated rings. The molecule has 34 heavy (non-hydrogen) atoms. The van der Waals surface area contributed by atoms with Crippen molar-refractivity contribution < 1.29 is 4.74 Å². The van der Waals surface area contributed by atoms with Gasteiger partial charge in [-0.2, -0.15) is 5.10 Å². The summed E-state index contributed by atoms with van der Waals surface area (Å²) in [7, 11) is 1.71. The number of nitrogens with one attached hydrogen (secondary N) is 1. The van der Waals surface area contributed by atoms with Gasteiger partial charge in [-0.25, -0.2) is 4.52 Å². The fraction of sp³-hybridized carbons (Fsp3) is 0.346. The molecule has 1 aliphatic rings. The Bertz CT molecular complexity index is 1410. The fourth-order valence-corrected chi connectivity index (χ4v) is 5.19. The van der Waals surface area contributed by atoms with Crippen molar-refractivity contribution in [1.82, 2.24) is 19.6 Å². The lowest BCUT2D eigenvalue weighted by Crippen LogP contribution is -2.29. The summed E-state index contributed by atoms with van der Waals surface area (Å²) < 4.78 is 7.79. The van der Waals surface area contributed by atoms with Crippen LogP contribution < -0.4 is 15.2 Å². The Hall–Kier alpha value is -3.26. The fourth-order valence-electron chi connectivity index (χ4n) is 4.60. The van der Waals surface area contributed by atoms with Gasteiger partial charge in [-0.15, -0.1) is 11.8 Å². The SMILES string of the molecule is COc1cc(C)cc(C)c1-c1cccc2c(N(Cc3ncc[nH]c3=O)CC3CC3)c(SC)nn12. The van der Waals surface area contributed by atoms with E-state index in [-0.39, 0.29) is 5.56 Å². The van der Waals surface area contributed by atoms with Crippen molar-refractivity contribution in [2.24, 2.45) is 5.92 Å². The average molecular weight is 476 g/mol. The number of ether oxygens (including phenoxy) is 1. The molecule has 1 saturated carbocycles. The van der Waals surface area contributed by atoms with E-state index in [0.29, 0.717) is 18.2 Å². The molecule has 0 spiro atoms. The van der Waals surface area contributed by atoms with E-state index in [1.165, 1.54) is 12.8 Å². The normalized spacial score (nSPS) is 13.4. The highest BCUT2D eigenvalue weighted by Gasteiger charge is 2.29. The minimum Gasteiger partial charge on any atom is -0.496 e. The smallest absolute Gasteiger partial charge is 0.271 e. The van der Waals surface area contributed by atoms with E-state index < -0.39 is 0 Å². The van der Waals surface area contributed by atoms with Crippen molar-refractivity contribution >= 4 is 23.0 Å². The van der Waals surface area contributed by atoms with Crippen LogP contribution in [-0.4, -0.2) is 39.5 Å². The van der Waals surface area contributed by atoms with Gasteiger partial charge in [0.25, 0.3) is 5.56 Å². The van der Waals surface area contributed by atoms with Gasteiger partial charge in [-0.1, -0.05) is 12.1 Å². The van der Waals surface area contributed by atoms with Crippen LogP contribution in [-0.2, 0) is 6.54 Å². The Morgan fingerprint density at radius 1 is 1.26 bits per heavy atom. The summed E-state index contributed by atoms with van der Waals surface area (Å²) >= 11 is 1.62. The first-order chi connectivity index (χ1) is 16.5. The Morgan fingerprint density at radius 2 is 2.09 bits per heavy atom. The number of methoxy groups -OCH3 is 1. The summed E-state index contributed by atoms with van der Waals surface area (Å²) in [6.07, 6.45) is 7.69. The van der Waals surface area contributed by atoms with Crippen molar-refractivity contribution in [3.63, 3.8) is 0 Å². The molecule has 0 aliphatic heterocycles.